The van der Waals surface area contributed by atoms with E-state index in [1.54, 1.807) is 60.7 Å². The Kier molecular flexibility index (Phi) is 4.85. The monoisotopic (exact) mass is 334 g/mol. The molecule has 0 heterocycles. The molecule has 3 aromatic rings. The Morgan fingerprint density at radius 2 is 1.20 bits per heavy atom. The Balaban J connectivity index is 1.67. The molecule has 0 spiro atoms. The third kappa shape index (κ3) is 4.09. The van der Waals surface area contributed by atoms with Crippen molar-refractivity contribution in [2.24, 2.45) is 0 Å². The number of hydrogen-bond acceptors (Lipinski definition) is 2. The van der Waals surface area contributed by atoms with Gasteiger partial charge in [0, 0.05) is 16.8 Å². The number of carbonyl (C=O) groups is 2. The molecule has 5 heteroatoms. The highest BCUT2D eigenvalue weighted by atomic mass is 19.1. The molecule has 0 aliphatic carbocycles. The third-order valence-electron chi connectivity index (χ3n) is 3.56. The molecule has 0 saturated heterocycles. The average molecular weight is 334 g/mol. The molecule has 2 amide bonds. The average Bonchev–Trinajstić information content (AvgIpc) is 2.65. The van der Waals surface area contributed by atoms with E-state index in [2.05, 4.69) is 10.6 Å². The van der Waals surface area contributed by atoms with Crippen LogP contribution in [0.2, 0.25) is 0 Å². The van der Waals surface area contributed by atoms with Crippen LogP contribution in [0.25, 0.3) is 0 Å². The first-order valence-electron chi connectivity index (χ1n) is 7.66. The summed E-state index contributed by atoms with van der Waals surface area (Å²) in [4.78, 5) is 24.2. The second kappa shape index (κ2) is 7.40. The van der Waals surface area contributed by atoms with Gasteiger partial charge in [0.1, 0.15) is 5.82 Å². The van der Waals surface area contributed by atoms with Crippen molar-refractivity contribution in [2.75, 3.05) is 10.6 Å². The predicted octanol–water partition coefficient (Wildman–Crippen LogP) is 4.33. The summed E-state index contributed by atoms with van der Waals surface area (Å²) in [5, 5.41) is 5.26. The zero-order valence-electron chi connectivity index (χ0n) is 13.2. The van der Waals surface area contributed by atoms with Gasteiger partial charge in [-0.3, -0.25) is 9.59 Å². The van der Waals surface area contributed by atoms with Gasteiger partial charge in [0.05, 0.1) is 5.69 Å². The third-order valence-corrected chi connectivity index (χ3v) is 3.56. The molecule has 0 atom stereocenters. The number of nitrogens with one attached hydrogen (secondary N) is 2. The molecule has 0 radical (unpaired) electrons. The van der Waals surface area contributed by atoms with Crippen molar-refractivity contribution in [1.29, 1.82) is 0 Å². The van der Waals surface area contributed by atoms with Gasteiger partial charge >= 0.3 is 0 Å². The molecule has 2 N–H and O–H groups in total. The van der Waals surface area contributed by atoms with Crippen molar-refractivity contribution in [3.8, 4) is 0 Å². The number of amides is 2. The van der Waals surface area contributed by atoms with Crippen molar-refractivity contribution in [1.82, 2.24) is 0 Å². The second-order valence-corrected chi connectivity index (χ2v) is 5.33. The number of anilines is 2. The van der Waals surface area contributed by atoms with Gasteiger partial charge in [-0.25, -0.2) is 4.39 Å². The van der Waals surface area contributed by atoms with E-state index in [0.29, 0.717) is 16.8 Å². The number of halogens is 1. The second-order valence-electron chi connectivity index (χ2n) is 5.33. The summed E-state index contributed by atoms with van der Waals surface area (Å²) in [5.74, 6) is -1.15. The predicted molar refractivity (Wildman–Crippen MR) is 95.2 cm³/mol. The van der Waals surface area contributed by atoms with E-state index in [9.17, 15) is 14.0 Å². The summed E-state index contributed by atoms with van der Waals surface area (Å²) in [6, 6.07) is 21.2. The minimum atomic E-state index is -0.498. The van der Waals surface area contributed by atoms with Crippen molar-refractivity contribution in [3.63, 3.8) is 0 Å². The molecular weight excluding hydrogens is 319 g/mol. The maximum Gasteiger partial charge on any atom is 0.255 e. The summed E-state index contributed by atoms with van der Waals surface area (Å²) >= 11 is 0. The number of carbonyl (C=O) groups excluding carboxylic acids is 2. The van der Waals surface area contributed by atoms with Crippen LogP contribution in [0.15, 0.2) is 78.9 Å². The van der Waals surface area contributed by atoms with Gasteiger partial charge in [-0.05, 0) is 48.5 Å². The standard InChI is InChI=1S/C20H15FN2O2/c21-17-8-4-5-9-18(17)23-20(25)15-10-12-16(13-11-15)22-19(24)14-6-2-1-3-7-14/h1-13H,(H,22,24)(H,23,25). The molecule has 124 valence electrons. The Morgan fingerprint density at radius 3 is 1.88 bits per heavy atom. The van der Waals surface area contributed by atoms with Crippen LogP contribution in [0.5, 0.6) is 0 Å². The minimum absolute atomic E-state index is 0.119. The lowest BCUT2D eigenvalue weighted by Crippen LogP contribution is -2.14. The quantitative estimate of drug-likeness (QED) is 0.746. The SMILES string of the molecule is O=C(Nc1ccc(C(=O)Nc2ccccc2F)cc1)c1ccccc1. The molecule has 0 fully saturated rings. The molecule has 0 saturated carbocycles. The molecule has 0 unspecified atom stereocenters. The molecule has 0 aliphatic heterocycles. The maximum atomic E-state index is 13.6. The molecular formula is C20H15FN2O2. The van der Waals surface area contributed by atoms with E-state index >= 15 is 0 Å². The summed E-state index contributed by atoms with van der Waals surface area (Å²) in [6.07, 6.45) is 0. The van der Waals surface area contributed by atoms with E-state index < -0.39 is 11.7 Å². The normalized spacial score (nSPS) is 10.1. The van der Waals surface area contributed by atoms with Crippen LogP contribution in [0.4, 0.5) is 15.8 Å². The molecule has 3 rings (SSSR count). The van der Waals surface area contributed by atoms with Crippen LogP contribution < -0.4 is 10.6 Å². The summed E-state index contributed by atoms with van der Waals surface area (Å²) in [7, 11) is 0. The first kappa shape index (κ1) is 16.4. The van der Waals surface area contributed by atoms with E-state index in [4.69, 9.17) is 0 Å². The zero-order valence-corrected chi connectivity index (χ0v) is 13.2. The fourth-order valence-electron chi connectivity index (χ4n) is 2.25. The van der Waals surface area contributed by atoms with Gasteiger partial charge in [-0.1, -0.05) is 30.3 Å². The van der Waals surface area contributed by atoms with E-state index in [0.717, 1.165) is 0 Å². The lowest BCUT2D eigenvalue weighted by molar-refractivity contribution is 0.101. The lowest BCUT2D eigenvalue weighted by atomic mass is 10.1. The van der Waals surface area contributed by atoms with Gasteiger partial charge in [-0.2, -0.15) is 0 Å². The van der Waals surface area contributed by atoms with Crippen molar-refractivity contribution in [3.05, 3.63) is 95.8 Å². The Bertz CT molecular complexity index is 893. The van der Waals surface area contributed by atoms with Crippen molar-refractivity contribution in [2.45, 2.75) is 0 Å². The lowest BCUT2D eigenvalue weighted by Gasteiger charge is -2.08. The maximum absolute atomic E-state index is 13.6. The number of benzene rings is 3. The molecule has 3 aromatic carbocycles. The molecule has 0 aliphatic rings. The van der Waals surface area contributed by atoms with Gasteiger partial charge in [0.25, 0.3) is 11.8 Å². The van der Waals surface area contributed by atoms with Crippen LogP contribution in [-0.4, -0.2) is 11.8 Å². The van der Waals surface area contributed by atoms with Crippen molar-refractivity contribution >= 4 is 23.2 Å². The largest absolute Gasteiger partial charge is 0.322 e. The Hall–Kier alpha value is -3.47. The summed E-state index contributed by atoms with van der Waals surface area (Å²) in [6.45, 7) is 0. The van der Waals surface area contributed by atoms with E-state index in [1.165, 1.54) is 12.1 Å². The zero-order chi connectivity index (χ0) is 17.6. The van der Waals surface area contributed by atoms with Crippen LogP contribution in [0, 0.1) is 5.82 Å². The highest BCUT2D eigenvalue weighted by Crippen LogP contribution is 2.16. The smallest absolute Gasteiger partial charge is 0.255 e. The fourth-order valence-corrected chi connectivity index (χ4v) is 2.25. The summed E-state index contributed by atoms with van der Waals surface area (Å²) < 4.78 is 13.6. The van der Waals surface area contributed by atoms with Crippen LogP contribution in [0.1, 0.15) is 20.7 Å². The van der Waals surface area contributed by atoms with Gasteiger partial charge in [0.2, 0.25) is 0 Å². The molecule has 0 aromatic heterocycles. The van der Waals surface area contributed by atoms with Crippen LogP contribution >= 0.6 is 0 Å². The van der Waals surface area contributed by atoms with Crippen LogP contribution in [-0.2, 0) is 0 Å². The van der Waals surface area contributed by atoms with Crippen molar-refractivity contribution < 1.29 is 14.0 Å². The summed E-state index contributed by atoms with van der Waals surface area (Å²) in [5.41, 5.74) is 1.59. The first-order valence-corrected chi connectivity index (χ1v) is 7.66. The Labute approximate surface area is 144 Å². The number of para-hydroxylation sites is 1. The number of rotatable bonds is 4. The van der Waals surface area contributed by atoms with E-state index in [1.807, 2.05) is 6.07 Å². The highest BCUT2D eigenvalue weighted by Gasteiger charge is 2.10. The van der Waals surface area contributed by atoms with Gasteiger partial charge in [0.15, 0.2) is 0 Å². The highest BCUT2D eigenvalue weighted by molar-refractivity contribution is 6.06. The molecule has 0 bridgehead atoms. The van der Waals surface area contributed by atoms with Crippen LogP contribution in [0.3, 0.4) is 0 Å². The molecule has 25 heavy (non-hydrogen) atoms. The number of hydrogen-bond donors (Lipinski definition) is 2. The minimum Gasteiger partial charge on any atom is -0.322 e. The Morgan fingerprint density at radius 1 is 0.640 bits per heavy atom. The van der Waals surface area contributed by atoms with Gasteiger partial charge < -0.3 is 10.6 Å². The topological polar surface area (TPSA) is 58.2 Å². The molecule has 4 nitrogen and oxygen atoms in total. The fraction of sp³-hybridized carbons (Fsp3) is 0. The van der Waals surface area contributed by atoms with E-state index in [-0.39, 0.29) is 11.6 Å². The first-order chi connectivity index (χ1) is 12.1. The van der Waals surface area contributed by atoms with Gasteiger partial charge in [-0.15, -0.1) is 0 Å².